The molecule has 3 heterocycles. The second-order valence-corrected chi connectivity index (χ2v) is 5.86. The maximum absolute atomic E-state index is 5.59. The van der Waals surface area contributed by atoms with Gasteiger partial charge in [0, 0.05) is 30.5 Å². The molecule has 1 aromatic carbocycles. The van der Waals surface area contributed by atoms with Gasteiger partial charge in [0.25, 0.3) is 0 Å². The number of aromatic amines is 1. The first-order valence-electron chi connectivity index (χ1n) is 8.01. The molecule has 1 atom stereocenters. The highest BCUT2D eigenvalue weighted by atomic mass is 16.5. The summed E-state index contributed by atoms with van der Waals surface area (Å²) in [4.78, 5) is 14.5. The molecule has 1 saturated heterocycles. The van der Waals surface area contributed by atoms with Gasteiger partial charge in [-0.15, -0.1) is 0 Å². The lowest BCUT2D eigenvalue weighted by Gasteiger charge is -2.32. The summed E-state index contributed by atoms with van der Waals surface area (Å²) in [6, 6.07) is 10.1. The summed E-state index contributed by atoms with van der Waals surface area (Å²) in [5, 5.41) is 3.89. The van der Waals surface area contributed by atoms with Crippen LogP contribution in [0.15, 0.2) is 41.1 Å². The summed E-state index contributed by atoms with van der Waals surface area (Å²) in [6.45, 7) is 4.62. The fourth-order valence-corrected chi connectivity index (χ4v) is 2.90. The molecule has 7 nitrogen and oxygen atoms in total. The highest BCUT2D eigenvalue weighted by Gasteiger charge is 2.29. The fourth-order valence-electron chi connectivity index (χ4n) is 2.90. The van der Waals surface area contributed by atoms with E-state index in [9.17, 15) is 0 Å². The van der Waals surface area contributed by atoms with Gasteiger partial charge < -0.3 is 14.2 Å². The number of ether oxygens (including phenoxy) is 1. The molecule has 1 aliphatic rings. The Morgan fingerprint density at radius 2 is 2.17 bits per heavy atom. The highest BCUT2D eigenvalue weighted by Crippen LogP contribution is 2.25. The van der Waals surface area contributed by atoms with Crippen LogP contribution in [0.4, 0.5) is 0 Å². The van der Waals surface area contributed by atoms with Crippen molar-refractivity contribution in [2.24, 2.45) is 0 Å². The minimum Gasteiger partial charge on any atom is -0.378 e. The molecule has 0 saturated carbocycles. The van der Waals surface area contributed by atoms with Crippen molar-refractivity contribution in [3.63, 3.8) is 0 Å². The molecule has 124 valence electrons. The molecule has 0 unspecified atom stereocenters. The van der Waals surface area contributed by atoms with Crippen LogP contribution in [0.5, 0.6) is 0 Å². The number of hydrogen-bond donors (Lipinski definition) is 1. The molecule has 3 aromatic rings. The average molecular weight is 325 g/mol. The predicted molar refractivity (Wildman–Crippen MR) is 87.0 cm³/mol. The van der Waals surface area contributed by atoms with Crippen LogP contribution in [0.25, 0.3) is 11.4 Å². The SMILES string of the molecule is Cc1noc([C@@H]2COCCN2Cc2cnc(-c3ccccc3)[nH]2)n1. The molecule has 0 bridgehead atoms. The van der Waals surface area contributed by atoms with Crippen LogP contribution >= 0.6 is 0 Å². The fraction of sp³-hybridized carbons (Fsp3) is 0.353. The van der Waals surface area contributed by atoms with Crippen molar-refractivity contribution in [2.45, 2.75) is 19.5 Å². The Morgan fingerprint density at radius 3 is 2.96 bits per heavy atom. The summed E-state index contributed by atoms with van der Waals surface area (Å²) >= 11 is 0. The Balaban J connectivity index is 1.52. The normalized spacial score (nSPS) is 18.8. The summed E-state index contributed by atoms with van der Waals surface area (Å²) in [5.41, 5.74) is 2.13. The maximum Gasteiger partial charge on any atom is 0.246 e. The van der Waals surface area contributed by atoms with Gasteiger partial charge in [-0.1, -0.05) is 35.5 Å². The molecule has 1 aliphatic heterocycles. The van der Waals surface area contributed by atoms with Gasteiger partial charge >= 0.3 is 0 Å². The van der Waals surface area contributed by atoms with E-state index >= 15 is 0 Å². The van der Waals surface area contributed by atoms with Gasteiger partial charge in [0.05, 0.1) is 13.2 Å². The van der Waals surface area contributed by atoms with Gasteiger partial charge in [-0.05, 0) is 6.92 Å². The van der Waals surface area contributed by atoms with Crippen LogP contribution in [0.1, 0.15) is 23.5 Å². The molecular formula is C17H19N5O2. The molecule has 0 spiro atoms. The zero-order chi connectivity index (χ0) is 16.4. The zero-order valence-electron chi connectivity index (χ0n) is 13.5. The van der Waals surface area contributed by atoms with E-state index in [-0.39, 0.29) is 6.04 Å². The average Bonchev–Trinajstić information content (AvgIpc) is 3.25. The van der Waals surface area contributed by atoms with E-state index in [1.165, 1.54) is 0 Å². The first-order valence-corrected chi connectivity index (χ1v) is 8.01. The third kappa shape index (κ3) is 3.08. The quantitative estimate of drug-likeness (QED) is 0.793. The van der Waals surface area contributed by atoms with E-state index in [4.69, 9.17) is 9.26 Å². The van der Waals surface area contributed by atoms with Gasteiger partial charge in [0.2, 0.25) is 5.89 Å². The molecule has 0 aliphatic carbocycles. The minimum atomic E-state index is -0.0246. The van der Waals surface area contributed by atoms with E-state index in [0.717, 1.165) is 30.2 Å². The molecule has 4 rings (SSSR count). The van der Waals surface area contributed by atoms with Crippen molar-refractivity contribution < 1.29 is 9.26 Å². The Labute approximate surface area is 139 Å². The van der Waals surface area contributed by atoms with E-state index < -0.39 is 0 Å². The van der Waals surface area contributed by atoms with Crippen molar-refractivity contribution in [3.8, 4) is 11.4 Å². The topological polar surface area (TPSA) is 80.1 Å². The standard InChI is InChI=1S/C17H19N5O2/c1-12-19-17(24-21-12)15-11-23-8-7-22(15)10-14-9-18-16(20-14)13-5-3-2-4-6-13/h2-6,9,15H,7-8,10-11H2,1H3,(H,18,20)/t15-/m0/s1. The Kier molecular flexibility index (Phi) is 4.10. The number of hydrogen-bond acceptors (Lipinski definition) is 6. The smallest absolute Gasteiger partial charge is 0.246 e. The number of nitrogens with zero attached hydrogens (tertiary/aromatic N) is 4. The summed E-state index contributed by atoms with van der Waals surface area (Å²) in [5.74, 6) is 2.13. The lowest BCUT2D eigenvalue weighted by molar-refractivity contribution is -0.0245. The van der Waals surface area contributed by atoms with Crippen LogP contribution in [-0.4, -0.2) is 44.8 Å². The maximum atomic E-state index is 5.59. The molecule has 0 radical (unpaired) electrons. The number of H-pyrrole nitrogens is 1. The van der Waals surface area contributed by atoms with Gasteiger partial charge in [-0.2, -0.15) is 4.98 Å². The zero-order valence-corrected chi connectivity index (χ0v) is 13.5. The monoisotopic (exact) mass is 325 g/mol. The van der Waals surface area contributed by atoms with Crippen LogP contribution in [0, 0.1) is 6.92 Å². The number of morpholine rings is 1. The van der Waals surface area contributed by atoms with E-state index in [2.05, 4.69) is 25.0 Å². The van der Waals surface area contributed by atoms with E-state index in [1.54, 1.807) is 0 Å². The first-order chi connectivity index (χ1) is 11.8. The summed E-state index contributed by atoms with van der Waals surface area (Å²) in [6.07, 6.45) is 1.88. The molecule has 7 heteroatoms. The molecule has 2 aromatic heterocycles. The molecule has 1 fully saturated rings. The van der Waals surface area contributed by atoms with Crippen LogP contribution in [-0.2, 0) is 11.3 Å². The predicted octanol–water partition coefficient (Wildman–Crippen LogP) is 2.34. The van der Waals surface area contributed by atoms with Gasteiger partial charge in [0.1, 0.15) is 11.9 Å². The second-order valence-electron chi connectivity index (χ2n) is 5.86. The third-order valence-electron chi connectivity index (χ3n) is 4.12. The number of aromatic nitrogens is 4. The number of rotatable bonds is 4. The second kappa shape index (κ2) is 6.54. The number of imidazole rings is 1. The number of nitrogens with one attached hydrogen (secondary N) is 1. The van der Waals surface area contributed by atoms with Crippen LogP contribution < -0.4 is 0 Å². The van der Waals surface area contributed by atoms with Crippen LogP contribution in [0.2, 0.25) is 0 Å². The Morgan fingerprint density at radius 1 is 1.29 bits per heavy atom. The van der Waals surface area contributed by atoms with Crippen molar-refractivity contribution in [3.05, 3.63) is 53.9 Å². The van der Waals surface area contributed by atoms with Gasteiger partial charge in [-0.25, -0.2) is 4.98 Å². The largest absolute Gasteiger partial charge is 0.378 e. The van der Waals surface area contributed by atoms with Gasteiger partial charge in [0.15, 0.2) is 5.82 Å². The summed E-state index contributed by atoms with van der Waals surface area (Å²) in [7, 11) is 0. The lowest BCUT2D eigenvalue weighted by Crippen LogP contribution is -2.39. The Bertz CT molecular complexity index is 798. The Hall–Kier alpha value is -2.51. The highest BCUT2D eigenvalue weighted by molar-refractivity contribution is 5.54. The van der Waals surface area contributed by atoms with Crippen molar-refractivity contribution in [2.75, 3.05) is 19.8 Å². The van der Waals surface area contributed by atoms with Crippen molar-refractivity contribution in [1.82, 2.24) is 25.0 Å². The van der Waals surface area contributed by atoms with Crippen molar-refractivity contribution in [1.29, 1.82) is 0 Å². The van der Waals surface area contributed by atoms with Crippen LogP contribution in [0.3, 0.4) is 0 Å². The molecule has 1 N–H and O–H groups in total. The molecule has 24 heavy (non-hydrogen) atoms. The van der Waals surface area contributed by atoms with E-state index in [0.29, 0.717) is 24.9 Å². The molecular weight excluding hydrogens is 306 g/mol. The first kappa shape index (κ1) is 15.0. The van der Waals surface area contributed by atoms with Crippen molar-refractivity contribution >= 4 is 0 Å². The summed E-state index contributed by atoms with van der Waals surface area (Å²) < 4.78 is 10.9. The van der Waals surface area contributed by atoms with E-state index in [1.807, 2.05) is 43.5 Å². The molecule has 0 amide bonds. The number of aryl methyl sites for hydroxylation is 1. The van der Waals surface area contributed by atoms with Gasteiger partial charge in [-0.3, -0.25) is 4.90 Å². The number of benzene rings is 1. The third-order valence-corrected chi connectivity index (χ3v) is 4.12. The lowest BCUT2D eigenvalue weighted by atomic mass is 10.2. The minimum absolute atomic E-state index is 0.0246.